The van der Waals surface area contributed by atoms with Crippen LogP contribution in [0.25, 0.3) is 0 Å². The number of aliphatic imine (C=N–C) groups is 2. The number of ether oxygens (including phenoxy) is 1. The number of hydrogen-bond donors (Lipinski definition) is 5. The van der Waals surface area contributed by atoms with Crippen LogP contribution >= 0.6 is 0 Å². The molecule has 50 heavy (non-hydrogen) atoms. The quantitative estimate of drug-likeness (QED) is 0.208. The summed E-state index contributed by atoms with van der Waals surface area (Å²) in [6.45, 7) is 3.10. The van der Waals surface area contributed by atoms with Crippen molar-refractivity contribution in [2.45, 2.75) is 114 Å². The van der Waals surface area contributed by atoms with Gasteiger partial charge in [0.05, 0.1) is 12.2 Å². The lowest BCUT2D eigenvalue weighted by molar-refractivity contribution is -0.855. The van der Waals surface area contributed by atoms with Crippen molar-refractivity contribution in [3.63, 3.8) is 0 Å². The number of carbonyl (C=O) groups is 1. The zero-order valence-corrected chi connectivity index (χ0v) is 29.1. The van der Waals surface area contributed by atoms with E-state index in [4.69, 9.17) is 20.5 Å². The molecule has 2 saturated carbocycles. The number of nitrogens with zero attached hydrogens (tertiary/aromatic N) is 2. The third-order valence-electron chi connectivity index (χ3n) is 12.5. The number of ketones is 1. The summed E-state index contributed by atoms with van der Waals surface area (Å²) < 4.78 is 6.22. The molecule has 0 bridgehead atoms. The van der Waals surface area contributed by atoms with Crippen LogP contribution in [0.1, 0.15) is 112 Å². The molecule has 9 heteroatoms. The summed E-state index contributed by atoms with van der Waals surface area (Å²) in [5.74, 6) is 1.97. The number of benzene rings is 2. The zero-order valence-electron chi connectivity index (χ0n) is 29.1. The van der Waals surface area contributed by atoms with Crippen molar-refractivity contribution in [1.29, 1.82) is 0 Å². The van der Waals surface area contributed by atoms with Crippen molar-refractivity contribution < 1.29 is 29.8 Å². The van der Waals surface area contributed by atoms with Crippen LogP contribution in [0, 0.1) is 11.8 Å². The number of phenols is 1. The molecule has 0 aromatic heterocycles. The molecular weight excluding hydrogens is 628 g/mol. The maximum atomic E-state index is 12.5. The van der Waals surface area contributed by atoms with Crippen LogP contribution in [0.2, 0.25) is 0 Å². The van der Waals surface area contributed by atoms with Gasteiger partial charge in [-0.2, -0.15) is 0 Å². The molecule has 8 unspecified atom stereocenters. The van der Waals surface area contributed by atoms with E-state index in [1.807, 2.05) is 13.0 Å². The Hall–Kier alpha value is -3.63. The second-order valence-electron chi connectivity index (χ2n) is 15.6. The lowest BCUT2D eigenvalue weighted by atomic mass is 9.50. The van der Waals surface area contributed by atoms with Crippen LogP contribution in [-0.4, -0.2) is 58.5 Å². The van der Waals surface area contributed by atoms with E-state index in [-0.39, 0.29) is 42.4 Å². The van der Waals surface area contributed by atoms with Gasteiger partial charge in [-0.05, 0) is 103 Å². The normalized spacial score (nSPS) is 30.0. The van der Waals surface area contributed by atoms with Gasteiger partial charge in [0.1, 0.15) is 30.4 Å². The Kier molecular flexibility index (Phi) is 9.04. The molecule has 264 valence electrons. The number of hydrogen-bond acceptors (Lipinski definition) is 8. The van der Waals surface area contributed by atoms with Crippen molar-refractivity contribution in [3.05, 3.63) is 81.7 Å². The van der Waals surface area contributed by atoms with Crippen molar-refractivity contribution in [2.75, 3.05) is 13.3 Å². The smallest absolute Gasteiger partial charge is 0.227 e. The lowest BCUT2D eigenvalue weighted by Gasteiger charge is -2.54. The Morgan fingerprint density at radius 3 is 2.90 bits per heavy atom. The molecule has 6 aliphatic rings. The lowest BCUT2D eigenvalue weighted by Crippen LogP contribution is -3.07. The Balaban J connectivity index is 0.972. The van der Waals surface area contributed by atoms with Crippen molar-refractivity contribution in [1.82, 2.24) is 0 Å². The number of allylic oxidation sites excluding steroid dienone is 1. The van der Waals surface area contributed by atoms with E-state index in [9.17, 15) is 20.1 Å². The second kappa shape index (κ2) is 13.5. The van der Waals surface area contributed by atoms with Gasteiger partial charge in [-0.1, -0.05) is 44.0 Å². The van der Waals surface area contributed by atoms with Crippen LogP contribution in [0.3, 0.4) is 0 Å². The van der Waals surface area contributed by atoms with Gasteiger partial charge in [-0.15, -0.1) is 0 Å². The van der Waals surface area contributed by atoms with Crippen LogP contribution in [0.4, 0.5) is 0 Å². The minimum absolute atomic E-state index is 0.0361. The van der Waals surface area contributed by atoms with Crippen LogP contribution < -0.4 is 15.4 Å². The fourth-order valence-corrected chi connectivity index (χ4v) is 10.5. The molecule has 9 nitrogen and oxygen atoms in total. The third-order valence-corrected chi connectivity index (χ3v) is 12.5. The number of rotatable bonds is 13. The summed E-state index contributed by atoms with van der Waals surface area (Å²) in [5, 5.41) is 30.8. The topological polar surface area (TPSA) is 142 Å². The Morgan fingerprint density at radius 2 is 2.04 bits per heavy atom. The van der Waals surface area contributed by atoms with Crippen molar-refractivity contribution in [3.8, 4) is 11.5 Å². The summed E-state index contributed by atoms with van der Waals surface area (Å²) >= 11 is 0. The highest BCUT2D eigenvalue weighted by molar-refractivity contribution is 5.96. The first-order valence-corrected chi connectivity index (χ1v) is 18.9. The van der Waals surface area contributed by atoms with Crippen LogP contribution in [-0.2, 0) is 16.6 Å². The third kappa shape index (κ3) is 5.76. The number of nitrogens with two attached hydrogens (primary N) is 1. The predicted molar refractivity (Wildman–Crippen MR) is 192 cm³/mol. The number of quaternary nitrogens is 1. The molecule has 2 aromatic rings. The minimum Gasteiger partial charge on any atom is -0.504 e. The van der Waals surface area contributed by atoms with Gasteiger partial charge < -0.3 is 25.8 Å². The van der Waals surface area contributed by atoms with Gasteiger partial charge >= 0.3 is 0 Å². The predicted octanol–water partition coefficient (Wildman–Crippen LogP) is 4.70. The van der Waals surface area contributed by atoms with Gasteiger partial charge in [0.25, 0.3) is 0 Å². The van der Waals surface area contributed by atoms with E-state index >= 15 is 0 Å². The number of phenolic OH excluding ortho intramolecular Hbond substituents is 1. The molecule has 3 aliphatic heterocycles. The van der Waals surface area contributed by atoms with E-state index in [1.165, 1.54) is 59.2 Å². The van der Waals surface area contributed by atoms with Gasteiger partial charge in [0.15, 0.2) is 11.5 Å². The summed E-state index contributed by atoms with van der Waals surface area (Å²) in [5.41, 5.74) is 16.7. The number of Topliss-reactive ketones (excluding diaryl/α,β-unsaturated/α-hetero) is 1. The number of aliphatic hydroxyl groups is 2. The number of aliphatic hydroxyl groups excluding tert-OH is 2. The van der Waals surface area contributed by atoms with Crippen molar-refractivity contribution >= 4 is 17.7 Å². The molecule has 3 aliphatic carbocycles. The Bertz CT molecular complexity index is 1800. The van der Waals surface area contributed by atoms with E-state index in [1.54, 1.807) is 12.1 Å². The van der Waals surface area contributed by atoms with Gasteiger partial charge in [-0.25, -0.2) is 0 Å². The number of aromatic hydroxyl groups is 1. The van der Waals surface area contributed by atoms with Gasteiger partial charge in [0, 0.05) is 41.7 Å². The van der Waals surface area contributed by atoms with E-state index in [0.717, 1.165) is 42.0 Å². The molecule has 0 radical (unpaired) electrons. The standard InChI is InChI=1S/C41H50N4O5/c1-2-6-25(46)18-27(48)19-26(47)14-12-24-13-15-36(49)37(17-24)50-23-45-21-30-33(20-43-35(30)22-45)41-16-5-10-31(41)28-7-4-11-34-39(28)38-29(40(42)44-34)8-3-9-32(38)41/h3,8-9,13,15,17,20,22,25,27-28,31,39-40,46,48-49H,2,4-7,10-12,14,16,18-19,21,23,42H2,1H3/p+1. The van der Waals surface area contributed by atoms with Crippen LogP contribution in [0.5, 0.6) is 11.5 Å². The molecular formula is C41H51N4O5+. The highest BCUT2D eigenvalue weighted by atomic mass is 16.5. The van der Waals surface area contributed by atoms with E-state index < -0.39 is 12.2 Å². The fourth-order valence-electron chi connectivity index (χ4n) is 10.5. The summed E-state index contributed by atoms with van der Waals surface area (Å²) in [6, 6.07) is 12.0. The first-order valence-electron chi connectivity index (χ1n) is 18.9. The number of fused-ring (bicyclic) bond motifs is 4. The molecule has 3 heterocycles. The average molecular weight is 680 g/mol. The number of nitrogens with one attached hydrogen (secondary N) is 1. The first-order chi connectivity index (χ1) is 24.3. The van der Waals surface area contributed by atoms with Crippen molar-refractivity contribution in [2.24, 2.45) is 27.6 Å². The minimum atomic E-state index is -0.833. The molecule has 0 spiro atoms. The maximum Gasteiger partial charge on any atom is 0.227 e. The highest BCUT2D eigenvalue weighted by Gasteiger charge is 2.59. The largest absolute Gasteiger partial charge is 0.504 e. The molecule has 2 aromatic carbocycles. The summed E-state index contributed by atoms with van der Waals surface area (Å²) in [7, 11) is 0. The summed E-state index contributed by atoms with van der Waals surface area (Å²) in [4.78, 5) is 23.7. The second-order valence-corrected chi connectivity index (χ2v) is 15.6. The Labute approximate surface area is 294 Å². The van der Waals surface area contributed by atoms with E-state index in [0.29, 0.717) is 43.1 Å². The molecule has 8 rings (SSSR count). The summed E-state index contributed by atoms with van der Waals surface area (Å²) in [6.07, 6.45) is 12.2. The average Bonchev–Trinajstić information content (AvgIpc) is 3.82. The fraction of sp³-hybridized carbons (Fsp3) is 0.537. The molecule has 0 amide bonds. The first kappa shape index (κ1) is 33.5. The maximum absolute atomic E-state index is 12.5. The zero-order chi connectivity index (χ0) is 34.6. The highest BCUT2D eigenvalue weighted by Crippen LogP contribution is 2.65. The number of carbonyl (C=O) groups excluding carboxylic acids is 1. The van der Waals surface area contributed by atoms with Gasteiger partial charge in [0.2, 0.25) is 6.73 Å². The SMILES string of the molecule is CCCC(O)CC(O)CC(=O)CCc1ccc(O)c(OC[NH+]2C=C3N=CC(C45CCCC4C4CCCC6=NC(N)c7cccc5c7C64)=C3C2)c1. The molecule has 0 saturated heterocycles. The van der Waals surface area contributed by atoms with Gasteiger partial charge in [-0.3, -0.25) is 19.7 Å². The monoisotopic (exact) mass is 679 g/mol. The van der Waals surface area contributed by atoms with E-state index in [2.05, 4.69) is 30.6 Å². The number of aryl methyl sites for hydroxylation is 1. The molecule has 2 fully saturated rings. The molecule has 6 N–H and O–H groups in total. The Morgan fingerprint density at radius 1 is 1.16 bits per heavy atom. The molecule has 8 atom stereocenters. The van der Waals surface area contributed by atoms with Crippen LogP contribution in [0.15, 0.2) is 69.4 Å².